The van der Waals surface area contributed by atoms with Gasteiger partial charge < -0.3 is 0 Å². The fraction of sp³-hybridized carbons (Fsp3) is 0.312. The maximum atomic E-state index is 12.4. The first-order valence-electron chi connectivity index (χ1n) is 6.93. The van der Waals surface area contributed by atoms with Crippen molar-refractivity contribution in [3.63, 3.8) is 0 Å². The molecule has 2 heterocycles. The first kappa shape index (κ1) is 14.2. The van der Waals surface area contributed by atoms with E-state index in [1.807, 2.05) is 44.2 Å². The molecule has 0 bridgehead atoms. The number of benzene rings is 1. The zero-order chi connectivity index (χ0) is 15.0. The van der Waals surface area contributed by atoms with Gasteiger partial charge in [0.15, 0.2) is 0 Å². The molecular formula is C16H16BrN3O. The lowest BCUT2D eigenvalue weighted by Crippen LogP contribution is -2.37. The molecule has 4 nitrogen and oxygen atoms in total. The highest BCUT2D eigenvalue weighted by molar-refractivity contribution is 9.09. The molecule has 1 atom stereocenters. The lowest BCUT2D eigenvalue weighted by Gasteiger charge is -2.33. The van der Waals surface area contributed by atoms with E-state index in [4.69, 9.17) is 0 Å². The van der Waals surface area contributed by atoms with Crippen LogP contribution >= 0.6 is 15.9 Å². The average Bonchev–Trinajstić information content (AvgIpc) is 2.47. The maximum Gasteiger partial charge on any atom is 0.229 e. The summed E-state index contributed by atoms with van der Waals surface area (Å²) in [5, 5.41) is 0. The summed E-state index contributed by atoms with van der Waals surface area (Å²) in [5.74, 6) is 1.52. The Labute approximate surface area is 132 Å². The van der Waals surface area contributed by atoms with Gasteiger partial charge in [0.1, 0.15) is 16.6 Å². The second-order valence-corrected chi connectivity index (χ2v) is 6.04. The van der Waals surface area contributed by atoms with E-state index in [-0.39, 0.29) is 10.9 Å². The molecule has 0 radical (unpaired) electrons. The fourth-order valence-electron chi connectivity index (χ4n) is 2.67. The Morgan fingerprint density at radius 3 is 2.57 bits per heavy atom. The summed E-state index contributed by atoms with van der Waals surface area (Å²) in [5.41, 5.74) is 3.07. The Balaban J connectivity index is 2.09. The van der Waals surface area contributed by atoms with Gasteiger partial charge in [-0.1, -0.05) is 46.3 Å². The standard InChI is InChI=1S/C16H16BrN3O/c1-10-13-8-9-14(21)20(16(13)19-11(2)18-10)15(17)12-6-4-3-5-7-12/h3-7,15H,8-9H2,1-2H3. The van der Waals surface area contributed by atoms with Gasteiger partial charge in [-0.25, -0.2) is 9.97 Å². The van der Waals surface area contributed by atoms with Crippen LogP contribution in [0.15, 0.2) is 30.3 Å². The van der Waals surface area contributed by atoms with Crippen LogP contribution in [-0.4, -0.2) is 15.9 Å². The fourth-order valence-corrected chi connectivity index (χ4v) is 3.40. The van der Waals surface area contributed by atoms with E-state index in [9.17, 15) is 4.79 Å². The quantitative estimate of drug-likeness (QED) is 0.618. The predicted octanol–water partition coefficient (Wildman–Crippen LogP) is 3.47. The van der Waals surface area contributed by atoms with Crippen LogP contribution in [0, 0.1) is 13.8 Å². The highest BCUT2D eigenvalue weighted by atomic mass is 79.9. The van der Waals surface area contributed by atoms with E-state index in [2.05, 4.69) is 25.9 Å². The first-order valence-corrected chi connectivity index (χ1v) is 7.84. The molecule has 3 rings (SSSR count). The number of amides is 1. The van der Waals surface area contributed by atoms with Gasteiger partial charge in [-0.15, -0.1) is 0 Å². The van der Waals surface area contributed by atoms with Crippen molar-refractivity contribution in [2.45, 2.75) is 31.6 Å². The zero-order valence-corrected chi connectivity index (χ0v) is 13.6. The Kier molecular flexibility index (Phi) is 3.76. The molecule has 1 aliphatic heterocycles. The Bertz CT molecular complexity index is 687. The highest BCUT2D eigenvalue weighted by Gasteiger charge is 2.32. The molecule has 108 valence electrons. The molecule has 1 unspecified atom stereocenters. The Hall–Kier alpha value is -1.75. The second-order valence-electron chi connectivity index (χ2n) is 5.17. The largest absolute Gasteiger partial charge is 0.279 e. The molecule has 1 aromatic heterocycles. The number of fused-ring (bicyclic) bond motifs is 1. The summed E-state index contributed by atoms with van der Waals surface area (Å²) >= 11 is 3.65. The van der Waals surface area contributed by atoms with Crippen molar-refractivity contribution < 1.29 is 4.79 Å². The van der Waals surface area contributed by atoms with Crippen LogP contribution in [-0.2, 0) is 11.2 Å². The number of carbonyl (C=O) groups excluding carboxylic acids is 1. The van der Waals surface area contributed by atoms with Crippen molar-refractivity contribution in [3.05, 3.63) is 53.0 Å². The van der Waals surface area contributed by atoms with Gasteiger partial charge in [-0.05, 0) is 25.8 Å². The zero-order valence-electron chi connectivity index (χ0n) is 12.0. The van der Waals surface area contributed by atoms with Crippen LogP contribution in [0.4, 0.5) is 5.82 Å². The van der Waals surface area contributed by atoms with E-state index in [1.165, 1.54) is 0 Å². The lowest BCUT2D eigenvalue weighted by molar-refractivity contribution is -0.119. The van der Waals surface area contributed by atoms with Crippen LogP contribution in [0.5, 0.6) is 0 Å². The van der Waals surface area contributed by atoms with E-state index in [0.29, 0.717) is 18.7 Å². The molecule has 0 aliphatic carbocycles. The number of nitrogens with zero attached hydrogens (tertiary/aromatic N) is 3. The second kappa shape index (κ2) is 5.56. The summed E-state index contributed by atoms with van der Waals surface area (Å²) in [6, 6.07) is 9.90. The van der Waals surface area contributed by atoms with Gasteiger partial charge in [-0.2, -0.15) is 0 Å². The Morgan fingerprint density at radius 2 is 1.86 bits per heavy atom. The van der Waals surface area contributed by atoms with Gasteiger partial charge >= 0.3 is 0 Å². The third kappa shape index (κ3) is 2.58. The monoisotopic (exact) mass is 345 g/mol. The third-order valence-corrected chi connectivity index (χ3v) is 4.63. The molecular weight excluding hydrogens is 330 g/mol. The first-order chi connectivity index (χ1) is 10.1. The van der Waals surface area contributed by atoms with Gasteiger partial charge in [-0.3, -0.25) is 9.69 Å². The minimum atomic E-state index is -0.209. The van der Waals surface area contributed by atoms with Crippen molar-refractivity contribution in [3.8, 4) is 0 Å². The van der Waals surface area contributed by atoms with Crippen LogP contribution < -0.4 is 4.90 Å². The van der Waals surface area contributed by atoms with Crippen LogP contribution in [0.2, 0.25) is 0 Å². The third-order valence-electron chi connectivity index (χ3n) is 3.69. The number of hydrogen-bond donors (Lipinski definition) is 0. The number of alkyl halides is 1. The van der Waals surface area contributed by atoms with Crippen molar-refractivity contribution >= 4 is 27.7 Å². The minimum Gasteiger partial charge on any atom is -0.279 e. The van der Waals surface area contributed by atoms with E-state index >= 15 is 0 Å². The summed E-state index contributed by atoms with van der Waals surface area (Å²) in [7, 11) is 0. The van der Waals surface area contributed by atoms with Crippen molar-refractivity contribution in [2.75, 3.05) is 4.90 Å². The highest BCUT2D eigenvalue weighted by Crippen LogP contribution is 2.37. The number of halogens is 1. The number of anilines is 1. The topological polar surface area (TPSA) is 46.1 Å². The Morgan fingerprint density at radius 1 is 1.14 bits per heavy atom. The molecule has 21 heavy (non-hydrogen) atoms. The maximum absolute atomic E-state index is 12.4. The smallest absolute Gasteiger partial charge is 0.229 e. The molecule has 1 amide bonds. The lowest BCUT2D eigenvalue weighted by atomic mass is 10.0. The molecule has 0 fully saturated rings. The van der Waals surface area contributed by atoms with E-state index < -0.39 is 0 Å². The van der Waals surface area contributed by atoms with Crippen LogP contribution in [0.25, 0.3) is 0 Å². The number of hydrogen-bond acceptors (Lipinski definition) is 3. The van der Waals surface area contributed by atoms with Gasteiger partial charge in [0, 0.05) is 17.7 Å². The molecule has 1 aromatic carbocycles. The summed E-state index contributed by atoms with van der Waals surface area (Å²) in [6.45, 7) is 3.84. The van der Waals surface area contributed by atoms with Crippen molar-refractivity contribution in [2.24, 2.45) is 0 Å². The molecule has 2 aromatic rings. The molecule has 0 spiro atoms. The number of aryl methyl sites for hydroxylation is 2. The van der Waals surface area contributed by atoms with E-state index in [0.717, 1.165) is 22.6 Å². The summed E-state index contributed by atoms with van der Waals surface area (Å²) < 4.78 is 0. The molecule has 5 heteroatoms. The van der Waals surface area contributed by atoms with Gasteiger partial charge in [0.05, 0.1) is 0 Å². The normalized spacial score (nSPS) is 15.8. The summed E-state index contributed by atoms with van der Waals surface area (Å²) in [6.07, 6.45) is 1.21. The van der Waals surface area contributed by atoms with Gasteiger partial charge in [0.2, 0.25) is 5.91 Å². The summed E-state index contributed by atoms with van der Waals surface area (Å²) in [4.78, 5) is 22.9. The number of carbonyl (C=O) groups is 1. The van der Waals surface area contributed by atoms with Crippen LogP contribution in [0.1, 0.15) is 34.0 Å². The molecule has 0 N–H and O–H groups in total. The SMILES string of the molecule is Cc1nc(C)c2c(n1)N(C(Br)c1ccccc1)C(=O)CC2. The van der Waals surface area contributed by atoms with Gasteiger partial charge in [0.25, 0.3) is 0 Å². The molecule has 0 saturated carbocycles. The minimum absolute atomic E-state index is 0.0886. The van der Waals surface area contributed by atoms with Crippen LogP contribution in [0.3, 0.4) is 0 Å². The number of aromatic nitrogens is 2. The average molecular weight is 346 g/mol. The number of rotatable bonds is 2. The molecule has 1 aliphatic rings. The van der Waals surface area contributed by atoms with Crippen molar-refractivity contribution in [1.82, 2.24) is 9.97 Å². The van der Waals surface area contributed by atoms with E-state index in [1.54, 1.807) is 4.90 Å². The van der Waals surface area contributed by atoms with Crippen molar-refractivity contribution in [1.29, 1.82) is 0 Å². The molecule has 0 saturated heterocycles. The predicted molar refractivity (Wildman–Crippen MR) is 85.4 cm³/mol.